The van der Waals surface area contributed by atoms with Gasteiger partial charge in [-0.3, -0.25) is 4.57 Å². The summed E-state index contributed by atoms with van der Waals surface area (Å²) in [5.41, 5.74) is 7.71. The standard InChI is InChI=1S/C12H17N5/c13-12-15-10-4-3-5-14-11(10)17(12)9-8-16-6-1-2-7-16/h3-5H,1-2,6-9H2,(H2,13,15). The second-order valence-corrected chi connectivity index (χ2v) is 4.52. The lowest BCUT2D eigenvalue weighted by molar-refractivity contribution is 0.325. The van der Waals surface area contributed by atoms with E-state index in [4.69, 9.17) is 5.73 Å². The Bertz CT molecular complexity index is 513. The smallest absolute Gasteiger partial charge is 0.202 e. The first-order valence-corrected chi connectivity index (χ1v) is 6.14. The van der Waals surface area contributed by atoms with E-state index in [1.807, 2.05) is 16.7 Å². The summed E-state index contributed by atoms with van der Waals surface area (Å²) >= 11 is 0. The van der Waals surface area contributed by atoms with Gasteiger partial charge in [-0.15, -0.1) is 0 Å². The molecule has 3 rings (SSSR count). The lowest BCUT2D eigenvalue weighted by Crippen LogP contribution is -2.24. The van der Waals surface area contributed by atoms with E-state index in [1.54, 1.807) is 6.20 Å². The number of hydrogen-bond donors (Lipinski definition) is 1. The highest BCUT2D eigenvalue weighted by molar-refractivity contribution is 5.73. The highest BCUT2D eigenvalue weighted by Crippen LogP contribution is 2.15. The van der Waals surface area contributed by atoms with E-state index < -0.39 is 0 Å². The number of aromatic nitrogens is 3. The van der Waals surface area contributed by atoms with E-state index in [0.717, 1.165) is 24.3 Å². The first kappa shape index (κ1) is 10.5. The molecule has 2 N–H and O–H groups in total. The molecule has 0 bridgehead atoms. The summed E-state index contributed by atoms with van der Waals surface area (Å²) in [5.74, 6) is 0.567. The van der Waals surface area contributed by atoms with Crippen molar-refractivity contribution in [3.8, 4) is 0 Å². The highest BCUT2D eigenvalue weighted by atomic mass is 15.2. The molecule has 5 nitrogen and oxygen atoms in total. The van der Waals surface area contributed by atoms with Crippen molar-refractivity contribution < 1.29 is 0 Å². The molecule has 0 saturated carbocycles. The van der Waals surface area contributed by atoms with Gasteiger partial charge >= 0.3 is 0 Å². The van der Waals surface area contributed by atoms with Crippen LogP contribution in [0.2, 0.25) is 0 Å². The molecule has 1 saturated heterocycles. The molecule has 3 heterocycles. The first-order valence-electron chi connectivity index (χ1n) is 6.14. The Balaban J connectivity index is 1.81. The maximum absolute atomic E-state index is 5.93. The van der Waals surface area contributed by atoms with E-state index in [9.17, 15) is 0 Å². The summed E-state index contributed by atoms with van der Waals surface area (Å²) in [7, 11) is 0. The number of likely N-dealkylation sites (tertiary alicyclic amines) is 1. The Morgan fingerprint density at radius 2 is 2.06 bits per heavy atom. The van der Waals surface area contributed by atoms with Crippen LogP contribution in [0.3, 0.4) is 0 Å². The summed E-state index contributed by atoms with van der Waals surface area (Å²) in [4.78, 5) is 11.1. The van der Waals surface area contributed by atoms with Gasteiger partial charge in [0.1, 0.15) is 5.52 Å². The molecule has 2 aromatic rings. The van der Waals surface area contributed by atoms with Crippen molar-refractivity contribution >= 4 is 17.1 Å². The minimum Gasteiger partial charge on any atom is -0.369 e. The van der Waals surface area contributed by atoms with Gasteiger partial charge in [0.15, 0.2) is 5.65 Å². The van der Waals surface area contributed by atoms with Crippen LogP contribution in [-0.2, 0) is 6.54 Å². The largest absolute Gasteiger partial charge is 0.369 e. The number of nitrogens with two attached hydrogens (primary N) is 1. The number of fused-ring (bicyclic) bond motifs is 1. The minimum atomic E-state index is 0.567. The molecule has 90 valence electrons. The van der Waals surface area contributed by atoms with Crippen LogP contribution in [0.5, 0.6) is 0 Å². The van der Waals surface area contributed by atoms with E-state index in [-0.39, 0.29) is 0 Å². The zero-order valence-corrected chi connectivity index (χ0v) is 9.84. The molecule has 0 unspecified atom stereocenters. The van der Waals surface area contributed by atoms with E-state index in [2.05, 4.69) is 14.9 Å². The Hall–Kier alpha value is -1.62. The van der Waals surface area contributed by atoms with Crippen LogP contribution < -0.4 is 5.73 Å². The highest BCUT2D eigenvalue weighted by Gasteiger charge is 2.13. The predicted octanol–water partition coefficient (Wildman–Crippen LogP) is 1.11. The maximum Gasteiger partial charge on any atom is 0.202 e. The van der Waals surface area contributed by atoms with Gasteiger partial charge in [0.05, 0.1) is 0 Å². The Labute approximate surface area is 100 Å². The average Bonchev–Trinajstić information content (AvgIpc) is 2.93. The van der Waals surface area contributed by atoms with Gasteiger partial charge in [0.2, 0.25) is 5.95 Å². The number of pyridine rings is 1. The fraction of sp³-hybridized carbons (Fsp3) is 0.500. The monoisotopic (exact) mass is 231 g/mol. The second kappa shape index (κ2) is 4.33. The molecule has 0 radical (unpaired) electrons. The molecule has 1 aliphatic heterocycles. The van der Waals surface area contributed by atoms with Crippen LogP contribution in [0.1, 0.15) is 12.8 Å². The van der Waals surface area contributed by atoms with Gasteiger partial charge in [0, 0.05) is 19.3 Å². The molecule has 17 heavy (non-hydrogen) atoms. The lowest BCUT2D eigenvalue weighted by Gasteiger charge is -2.15. The zero-order chi connectivity index (χ0) is 11.7. The van der Waals surface area contributed by atoms with Gasteiger partial charge in [-0.05, 0) is 38.1 Å². The maximum atomic E-state index is 5.93. The van der Waals surface area contributed by atoms with Crippen molar-refractivity contribution in [3.63, 3.8) is 0 Å². The predicted molar refractivity (Wildman–Crippen MR) is 67.6 cm³/mol. The molecular formula is C12H17N5. The van der Waals surface area contributed by atoms with Crippen molar-refractivity contribution in [2.45, 2.75) is 19.4 Å². The zero-order valence-electron chi connectivity index (χ0n) is 9.84. The van der Waals surface area contributed by atoms with E-state index >= 15 is 0 Å². The van der Waals surface area contributed by atoms with Crippen LogP contribution >= 0.6 is 0 Å². The van der Waals surface area contributed by atoms with E-state index in [1.165, 1.54) is 25.9 Å². The molecule has 0 aromatic carbocycles. The van der Waals surface area contributed by atoms with Gasteiger partial charge in [-0.1, -0.05) is 0 Å². The normalized spacial score (nSPS) is 16.9. The first-order chi connectivity index (χ1) is 8.34. The summed E-state index contributed by atoms with van der Waals surface area (Å²) in [6.45, 7) is 4.32. The number of anilines is 1. The van der Waals surface area contributed by atoms with Crippen molar-refractivity contribution in [3.05, 3.63) is 18.3 Å². The fourth-order valence-corrected chi connectivity index (χ4v) is 2.44. The SMILES string of the molecule is Nc1nc2cccnc2n1CCN1CCCC1. The quantitative estimate of drug-likeness (QED) is 0.859. The number of rotatable bonds is 3. The Morgan fingerprint density at radius 1 is 1.24 bits per heavy atom. The van der Waals surface area contributed by atoms with Crippen LogP contribution in [0.25, 0.3) is 11.2 Å². The van der Waals surface area contributed by atoms with Gasteiger partial charge in [-0.2, -0.15) is 0 Å². The van der Waals surface area contributed by atoms with Gasteiger partial charge in [-0.25, -0.2) is 9.97 Å². The van der Waals surface area contributed by atoms with Crippen molar-refractivity contribution in [1.29, 1.82) is 0 Å². The van der Waals surface area contributed by atoms with Crippen molar-refractivity contribution in [2.75, 3.05) is 25.4 Å². The molecule has 0 aliphatic carbocycles. The molecule has 0 amide bonds. The number of imidazole rings is 1. The Kier molecular flexibility index (Phi) is 2.68. The summed E-state index contributed by atoms with van der Waals surface area (Å²) in [5, 5.41) is 0. The van der Waals surface area contributed by atoms with Crippen LogP contribution in [0, 0.1) is 0 Å². The molecule has 1 aliphatic rings. The summed E-state index contributed by atoms with van der Waals surface area (Å²) in [6.07, 6.45) is 4.42. The third-order valence-electron chi connectivity index (χ3n) is 3.37. The Morgan fingerprint density at radius 3 is 2.88 bits per heavy atom. The van der Waals surface area contributed by atoms with Crippen LogP contribution in [0.15, 0.2) is 18.3 Å². The molecule has 5 heteroatoms. The van der Waals surface area contributed by atoms with Gasteiger partial charge in [0.25, 0.3) is 0 Å². The van der Waals surface area contributed by atoms with Crippen molar-refractivity contribution in [1.82, 2.24) is 19.4 Å². The van der Waals surface area contributed by atoms with Crippen LogP contribution in [-0.4, -0.2) is 39.1 Å². The molecule has 0 atom stereocenters. The second-order valence-electron chi connectivity index (χ2n) is 4.52. The van der Waals surface area contributed by atoms with Crippen molar-refractivity contribution in [2.24, 2.45) is 0 Å². The molecule has 1 fully saturated rings. The summed E-state index contributed by atoms with van der Waals surface area (Å²) in [6, 6.07) is 3.84. The minimum absolute atomic E-state index is 0.567. The van der Waals surface area contributed by atoms with E-state index in [0.29, 0.717) is 5.95 Å². The number of nitrogens with zero attached hydrogens (tertiary/aromatic N) is 4. The molecule has 2 aromatic heterocycles. The molecule has 0 spiro atoms. The fourth-order valence-electron chi connectivity index (χ4n) is 2.44. The van der Waals surface area contributed by atoms with Gasteiger partial charge < -0.3 is 10.6 Å². The third-order valence-corrected chi connectivity index (χ3v) is 3.37. The summed E-state index contributed by atoms with van der Waals surface area (Å²) < 4.78 is 2.01. The topological polar surface area (TPSA) is 60.0 Å². The third kappa shape index (κ3) is 1.98. The molecular weight excluding hydrogens is 214 g/mol. The number of hydrogen-bond acceptors (Lipinski definition) is 4. The van der Waals surface area contributed by atoms with Crippen LogP contribution in [0.4, 0.5) is 5.95 Å². The average molecular weight is 231 g/mol. The number of nitrogen functional groups attached to an aromatic ring is 1. The lowest BCUT2D eigenvalue weighted by atomic mass is 10.4.